The number of rotatable bonds is 6. The fourth-order valence-corrected chi connectivity index (χ4v) is 2.60. The summed E-state index contributed by atoms with van der Waals surface area (Å²) >= 11 is 5.58. The van der Waals surface area contributed by atoms with Crippen molar-refractivity contribution in [3.63, 3.8) is 0 Å². The molecule has 3 rings (SSSR count). The molecule has 0 amide bonds. The van der Waals surface area contributed by atoms with Crippen molar-refractivity contribution in [2.45, 2.75) is 12.6 Å². The van der Waals surface area contributed by atoms with E-state index in [1.54, 1.807) is 24.3 Å². The highest BCUT2D eigenvalue weighted by Crippen LogP contribution is 2.37. The zero-order chi connectivity index (χ0) is 21.0. The lowest BCUT2D eigenvalue weighted by atomic mass is 10.1. The Kier molecular flexibility index (Phi) is 6.07. The highest BCUT2D eigenvalue weighted by molar-refractivity contribution is 6.31. The minimum absolute atomic E-state index is 0.00587. The maximum absolute atomic E-state index is 13.4. The van der Waals surface area contributed by atoms with Crippen molar-refractivity contribution in [1.82, 2.24) is 9.97 Å². The number of aromatic amines is 1. The third-order valence-electron chi connectivity index (χ3n) is 3.76. The van der Waals surface area contributed by atoms with Crippen LogP contribution in [0.2, 0.25) is 5.02 Å². The summed E-state index contributed by atoms with van der Waals surface area (Å²) in [5.74, 6) is -0.854. The first-order valence-corrected chi connectivity index (χ1v) is 8.62. The molecule has 5 nitrogen and oxygen atoms in total. The molecular formula is C19H13ClF4N2O3. The zero-order valence-electron chi connectivity index (χ0n) is 14.6. The van der Waals surface area contributed by atoms with Crippen LogP contribution in [0.5, 0.6) is 17.4 Å². The summed E-state index contributed by atoms with van der Waals surface area (Å²) in [6.45, 7) is 0.0692. The smallest absolute Gasteiger partial charge is 0.417 e. The average molecular weight is 429 g/mol. The fourth-order valence-electron chi connectivity index (χ4n) is 2.38. The molecule has 1 aromatic heterocycles. The molecule has 0 spiro atoms. The number of hydrogen-bond donors (Lipinski definition) is 1. The lowest BCUT2D eigenvalue weighted by Crippen LogP contribution is -2.14. The number of aromatic nitrogens is 2. The maximum Gasteiger partial charge on any atom is 0.417 e. The van der Waals surface area contributed by atoms with Crippen LogP contribution >= 0.6 is 11.6 Å². The molecule has 0 saturated heterocycles. The van der Waals surface area contributed by atoms with E-state index in [-0.39, 0.29) is 12.4 Å². The number of halogens is 5. The molecule has 3 aromatic rings. The van der Waals surface area contributed by atoms with Crippen molar-refractivity contribution in [3.8, 4) is 17.4 Å². The van der Waals surface area contributed by atoms with Crippen LogP contribution in [0.25, 0.3) is 0 Å². The summed E-state index contributed by atoms with van der Waals surface area (Å²) in [5.41, 5.74) is -0.903. The number of H-pyrrole nitrogens is 1. The summed E-state index contributed by atoms with van der Waals surface area (Å²) < 4.78 is 62.7. The third-order valence-corrected chi connectivity index (χ3v) is 4.09. The van der Waals surface area contributed by atoms with Gasteiger partial charge in [0.05, 0.1) is 17.2 Å². The fraction of sp³-hybridized carbons (Fsp3) is 0.158. The first-order chi connectivity index (χ1) is 13.7. The van der Waals surface area contributed by atoms with Gasteiger partial charge in [0.1, 0.15) is 11.5 Å². The standard InChI is InChI=1S/C19H13ClF4N2O3/c20-15-6-5-13(9-14(15)19(22,23)24)29-12-3-1-11(2-4-12)7-8-28-17-16(21)10-25-18(27)26-17/h1-6,9-10H,7-8H2,(H,25,26,27). The quantitative estimate of drug-likeness (QED) is 0.561. The first kappa shape index (κ1) is 20.7. The highest BCUT2D eigenvalue weighted by Gasteiger charge is 2.33. The van der Waals surface area contributed by atoms with Crippen molar-refractivity contribution in [2.75, 3.05) is 6.61 Å². The van der Waals surface area contributed by atoms with Crippen molar-refractivity contribution in [1.29, 1.82) is 0 Å². The molecule has 0 saturated carbocycles. The van der Waals surface area contributed by atoms with Crippen LogP contribution in [0, 0.1) is 5.82 Å². The number of nitrogens with one attached hydrogen (secondary N) is 1. The van der Waals surface area contributed by atoms with E-state index >= 15 is 0 Å². The second-order valence-corrected chi connectivity index (χ2v) is 6.25. The van der Waals surface area contributed by atoms with Crippen LogP contribution in [0.4, 0.5) is 17.6 Å². The molecular weight excluding hydrogens is 416 g/mol. The van der Waals surface area contributed by atoms with Gasteiger partial charge in [0.25, 0.3) is 5.88 Å². The predicted molar refractivity (Wildman–Crippen MR) is 97.0 cm³/mol. The minimum Gasteiger partial charge on any atom is -0.475 e. The largest absolute Gasteiger partial charge is 0.475 e. The van der Waals surface area contributed by atoms with Gasteiger partial charge in [0.15, 0.2) is 0 Å². The lowest BCUT2D eigenvalue weighted by molar-refractivity contribution is -0.137. The molecule has 0 atom stereocenters. The number of nitrogens with zero attached hydrogens (tertiary/aromatic N) is 1. The van der Waals surface area contributed by atoms with E-state index in [1.807, 2.05) is 0 Å². The summed E-state index contributed by atoms with van der Waals surface area (Å²) in [5, 5.41) is -0.411. The van der Waals surface area contributed by atoms with Crippen LogP contribution in [0.1, 0.15) is 11.1 Å². The second-order valence-electron chi connectivity index (χ2n) is 5.84. The molecule has 10 heteroatoms. The molecule has 0 aliphatic carbocycles. The van der Waals surface area contributed by atoms with Gasteiger partial charge in [-0.3, -0.25) is 0 Å². The topological polar surface area (TPSA) is 64.2 Å². The van der Waals surface area contributed by atoms with Crippen molar-refractivity contribution < 1.29 is 27.0 Å². The molecule has 0 unspecified atom stereocenters. The number of ether oxygens (including phenoxy) is 2. The predicted octanol–water partition coefficient (Wildman–Crippen LogP) is 5.00. The van der Waals surface area contributed by atoms with Crippen LogP contribution in [0.3, 0.4) is 0 Å². The van der Waals surface area contributed by atoms with E-state index in [9.17, 15) is 22.4 Å². The van der Waals surface area contributed by atoms with Crippen LogP contribution in [0.15, 0.2) is 53.5 Å². The van der Waals surface area contributed by atoms with Crippen LogP contribution in [-0.4, -0.2) is 16.6 Å². The van der Waals surface area contributed by atoms with Crippen molar-refractivity contribution in [2.24, 2.45) is 0 Å². The molecule has 0 bridgehead atoms. The van der Waals surface area contributed by atoms with Crippen LogP contribution < -0.4 is 15.2 Å². The Hall–Kier alpha value is -3.07. The van der Waals surface area contributed by atoms with Gasteiger partial charge in [-0.25, -0.2) is 4.79 Å². The summed E-state index contributed by atoms with van der Waals surface area (Å²) in [6.07, 6.45) is -3.34. The summed E-state index contributed by atoms with van der Waals surface area (Å²) in [6, 6.07) is 9.79. The highest BCUT2D eigenvalue weighted by atomic mass is 35.5. The third kappa shape index (κ3) is 5.47. The monoisotopic (exact) mass is 428 g/mol. The Bertz CT molecular complexity index is 1050. The molecule has 2 aromatic carbocycles. The molecule has 0 fully saturated rings. The van der Waals surface area contributed by atoms with E-state index in [0.717, 1.165) is 23.9 Å². The van der Waals surface area contributed by atoms with Gasteiger partial charge < -0.3 is 14.5 Å². The molecule has 1 heterocycles. The SMILES string of the molecule is O=c1nc(OCCc2ccc(Oc3ccc(Cl)c(C(F)(F)F)c3)cc2)c(F)c[nH]1. The average Bonchev–Trinajstić information content (AvgIpc) is 2.66. The molecule has 0 radical (unpaired) electrons. The summed E-state index contributed by atoms with van der Waals surface area (Å²) in [4.78, 5) is 16.5. The Morgan fingerprint density at radius 3 is 2.45 bits per heavy atom. The van der Waals surface area contributed by atoms with Crippen molar-refractivity contribution in [3.05, 3.63) is 81.1 Å². The van der Waals surface area contributed by atoms with E-state index in [2.05, 4.69) is 9.97 Å². The summed E-state index contributed by atoms with van der Waals surface area (Å²) in [7, 11) is 0. The number of hydrogen-bond acceptors (Lipinski definition) is 4. The van der Waals surface area contributed by atoms with Gasteiger partial charge in [-0.05, 0) is 35.9 Å². The van der Waals surface area contributed by atoms with E-state index in [1.165, 1.54) is 6.07 Å². The van der Waals surface area contributed by atoms with E-state index in [4.69, 9.17) is 21.1 Å². The Balaban J connectivity index is 1.60. The lowest BCUT2D eigenvalue weighted by Gasteiger charge is -2.12. The normalized spacial score (nSPS) is 11.3. The zero-order valence-corrected chi connectivity index (χ0v) is 15.4. The first-order valence-electron chi connectivity index (χ1n) is 8.24. The van der Waals surface area contributed by atoms with Gasteiger partial charge in [-0.1, -0.05) is 23.7 Å². The van der Waals surface area contributed by atoms with Gasteiger partial charge in [-0.2, -0.15) is 22.5 Å². The number of benzene rings is 2. The molecule has 29 heavy (non-hydrogen) atoms. The Morgan fingerprint density at radius 1 is 1.07 bits per heavy atom. The van der Waals surface area contributed by atoms with Gasteiger partial charge in [-0.15, -0.1) is 0 Å². The van der Waals surface area contributed by atoms with E-state index < -0.39 is 34.1 Å². The van der Waals surface area contributed by atoms with Crippen molar-refractivity contribution >= 4 is 11.6 Å². The Labute approximate surface area is 166 Å². The van der Waals surface area contributed by atoms with Gasteiger partial charge in [0.2, 0.25) is 5.82 Å². The second kappa shape index (κ2) is 8.52. The number of alkyl halides is 3. The Morgan fingerprint density at radius 2 is 1.76 bits per heavy atom. The minimum atomic E-state index is -4.59. The molecule has 0 aliphatic heterocycles. The van der Waals surface area contributed by atoms with E-state index in [0.29, 0.717) is 12.2 Å². The molecule has 0 aliphatic rings. The molecule has 152 valence electrons. The maximum atomic E-state index is 13.4. The van der Waals surface area contributed by atoms with Gasteiger partial charge >= 0.3 is 11.9 Å². The molecule has 1 N–H and O–H groups in total. The van der Waals surface area contributed by atoms with Gasteiger partial charge in [0, 0.05) is 12.6 Å². The van der Waals surface area contributed by atoms with Crippen LogP contribution in [-0.2, 0) is 12.6 Å².